The minimum Gasteiger partial charge on any atom is -0.291 e. The first-order chi connectivity index (χ1) is 4.41. The number of hydrogen-bond donors (Lipinski definition) is 2. The van der Waals surface area contributed by atoms with E-state index in [1.54, 1.807) is 0 Å². The summed E-state index contributed by atoms with van der Waals surface area (Å²) in [5, 5.41) is 6.97. The number of thioether (sulfide) groups is 1. The second-order valence-electron chi connectivity index (χ2n) is 2.63. The van der Waals surface area contributed by atoms with Crippen LogP contribution in [0.25, 0.3) is 0 Å². The van der Waals surface area contributed by atoms with Gasteiger partial charge >= 0.3 is 0 Å². The maximum Gasteiger partial charge on any atom is 0.117 e. The Labute approximate surface area is 59.8 Å². The summed E-state index contributed by atoms with van der Waals surface area (Å²) in [6.07, 6.45) is 2.64. The minimum atomic E-state index is 0.306. The standard InChI is InChI=1S/C6H12N2S/c1-2-6(7-3-1)8-4-5-9-6/h7-8H,1-5H2. The lowest BCUT2D eigenvalue weighted by molar-refractivity contribution is 0.470. The molecule has 1 unspecified atom stereocenters. The Morgan fingerprint density at radius 2 is 2.11 bits per heavy atom. The van der Waals surface area contributed by atoms with Crippen LogP contribution >= 0.6 is 11.8 Å². The summed E-state index contributed by atoms with van der Waals surface area (Å²) in [5.41, 5.74) is 0. The van der Waals surface area contributed by atoms with Crippen molar-refractivity contribution >= 4 is 11.8 Å². The summed E-state index contributed by atoms with van der Waals surface area (Å²) < 4.78 is 0. The molecule has 0 aromatic heterocycles. The van der Waals surface area contributed by atoms with E-state index in [1.807, 2.05) is 11.8 Å². The van der Waals surface area contributed by atoms with E-state index in [4.69, 9.17) is 0 Å². The molecule has 52 valence electrons. The zero-order chi connectivity index (χ0) is 6.16. The molecule has 2 nitrogen and oxygen atoms in total. The van der Waals surface area contributed by atoms with Crippen molar-refractivity contribution in [3.8, 4) is 0 Å². The van der Waals surface area contributed by atoms with Gasteiger partial charge < -0.3 is 0 Å². The third-order valence-electron chi connectivity index (χ3n) is 1.98. The summed E-state index contributed by atoms with van der Waals surface area (Å²) in [7, 11) is 0. The lowest BCUT2D eigenvalue weighted by Gasteiger charge is -2.21. The van der Waals surface area contributed by atoms with Gasteiger partial charge in [-0.05, 0) is 19.4 Å². The van der Waals surface area contributed by atoms with Gasteiger partial charge in [-0.2, -0.15) is 0 Å². The van der Waals surface area contributed by atoms with E-state index in [0.717, 1.165) is 0 Å². The maximum absolute atomic E-state index is 3.48. The molecule has 2 rings (SSSR count). The maximum atomic E-state index is 3.48. The summed E-state index contributed by atoms with van der Waals surface area (Å²) >= 11 is 2.03. The largest absolute Gasteiger partial charge is 0.291 e. The number of hydrogen-bond acceptors (Lipinski definition) is 3. The van der Waals surface area contributed by atoms with E-state index < -0.39 is 0 Å². The average Bonchev–Trinajstić information content (AvgIpc) is 2.45. The first-order valence-electron chi connectivity index (χ1n) is 3.55. The lowest BCUT2D eigenvalue weighted by atomic mass is 10.3. The Morgan fingerprint density at radius 3 is 2.67 bits per heavy atom. The third kappa shape index (κ3) is 0.974. The summed E-state index contributed by atoms with van der Waals surface area (Å²) in [6.45, 7) is 2.37. The first kappa shape index (κ1) is 6.01. The Bertz CT molecular complexity index is 86.1. The molecule has 0 aromatic rings. The van der Waals surface area contributed by atoms with Crippen molar-refractivity contribution in [3.63, 3.8) is 0 Å². The molecule has 0 amide bonds. The Kier molecular flexibility index (Phi) is 1.43. The van der Waals surface area contributed by atoms with Crippen molar-refractivity contribution in [2.24, 2.45) is 0 Å². The molecule has 2 saturated heterocycles. The van der Waals surface area contributed by atoms with Crippen molar-refractivity contribution in [1.29, 1.82) is 0 Å². The van der Waals surface area contributed by atoms with Gasteiger partial charge in [-0.1, -0.05) is 0 Å². The van der Waals surface area contributed by atoms with Crippen LogP contribution in [-0.4, -0.2) is 23.8 Å². The van der Waals surface area contributed by atoms with Crippen LogP contribution in [0.5, 0.6) is 0 Å². The van der Waals surface area contributed by atoms with Crippen LogP contribution in [0.3, 0.4) is 0 Å². The van der Waals surface area contributed by atoms with Gasteiger partial charge in [0, 0.05) is 12.3 Å². The molecule has 3 heteroatoms. The molecule has 0 aliphatic carbocycles. The third-order valence-corrected chi connectivity index (χ3v) is 3.37. The van der Waals surface area contributed by atoms with Gasteiger partial charge in [0.1, 0.15) is 4.99 Å². The lowest BCUT2D eigenvalue weighted by Crippen LogP contribution is -2.45. The Balaban J connectivity index is 2.04. The molecule has 0 aromatic carbocycles. The minimum absolute atomic E-state index is 0.306. The van der Waals surface area contributed by atoms with Gasteiger partial charge in [0.05, 0.1) is 0 Å². The molecule has 1 spiro atoms. The van der Waals surface area contributed by atoms with E-state index in [-0.39, 0.29) is 0 Å². The molecule has 0 bridgehead atoms. The highest BCUT2D eigenvalue weighted by atomic mass is 32.2. The molecule has 1 atom stereocenters. The van der Waals surface area contributed by atoms with Crippen LogP contribution in [0.15, 0.2) is 0 Å². The highest BCUT2D eigenvalue weighted by Gasteiger charge is 2.36. The fourth-order valence-corrected chi connectivity index (χ4v) is 2.77. The van der Waals surface area contributed by atoms with Gasteiger partial charge in [-0.3, -0.25) is 10.6 Å². The van der Waals surface area contributed by atoms with Crippen molar-refractivity contribution in [2.75, 3.05) is 18.8 Å². The van der Waals surface area contributed by atoms with Crippen LogP contribution < -0.4 is 10.6 Å². The Morgan fingerprint density at radius 1 is 1.22 bits per heavy atom. The van der Waals surface area contributed by atoms with Crippen molar-refractivity contribution in [2.45, 2.75) is 17.8 Å². The molecule has 2 aliphatic heterocycles. The van der Waals surface area contributed by atoms with Crippen LogP contribution in [0, 0.1) is 0 Å². The summed E-state index contributed by atoms with van der Waals surface area (Å²) in [6, 6.07) is 0. The molecule has 0 saturated carbocycles. The predicted molar refractivity (Wildman–Crippen MR) is 40.4 cm³/mol. The number of rotatable bonds is 0. The zero-order valence-electron chi connectivity index (χ0n) is 5.44. The number of nitrogens with one attached hydrogen (secondary N) is 2. The molecule has 2 aliphatic rings. The van der Waals surface area contributed by atoms with Crippen LogP contribution in [0.4, 0.5) is 0 Å². The van der Waals surface area contributed by atoms with Gasteiger partial charge in [0.25, 0.3) is 0 Å². The van der Waals surface area contributed by atoms with Gasteiger partial charge in [0.15, 0.2) is 0 Å². The fraction of sp³-hybridized carbons (Fsp3) is 1.00. The zero-order valence-corrected chi connectivity index (χ0v) is 6.26. The van der Waals surface area contributed by atoms with E-state index in [1.165, 1.54) is 31.7 Å². The van der Waals surface area contributed by atoms with Crippen LogP contribution in [0.2, 0.25) is 0 Å². The molecule has 2 fully saturated rings. The summed E-state index contributed by atoms with van der Waals surface area (Å²) in [5.74, 6) is 1.27. The highest BCUT2D eigenvalue weighted by Crippen LogP contribution is 2.32. The topological polar surface area (TPSA) is 24.1 Å². The van der Waals surface area contributed by atoms with Crippen molar-refractivity contribution < 1.29 is 0 Å². The molecule has 2 N–H and O–H groups in total. The molecule has 0 radical (unpaired) electrons. The average molecular weight is 144 g/mol. The van der Waals surface area contributed by atoms with E-state index in [9.17, 15) is 0 Å². The second kappa shape index (κ2) is 2.15. The molecular weight excluding hydrogens is 132 g/mol. The van der Waals surface area contributed by atoms with Gasteiger partial charge in [0.2, 0.25) is 0 Å². The second-order valence-corrected chi connectivity index (χ2v) is 4.03. The SMILES string of the molecule is C1CNC2(C1)NCCS2. The predicted octanol–water partition coefficient (Wildman–Crippen LogP) is 0.360. The fourth-order valence-electron chi connectivity index (χ4n) is 1.52. The molecular formula is C6H12N2S. The van der Waals surface area contributed by atoms with E-state index in [0.29, 0.717) is 4.99 Å². The van der Waals surface area contributed by atoms with E-state index in [2.05, 4.69) is 10.6 Å². The molecule has 9 heavy (non-hydrogen) atoms. The van der Waals surface area contributed by atoms with Crippen LogP contribution in [0.1, 0.15) is 12.8 Å². The Hall–Kier alpha value is 0.270. The first-order valence-corrected chi connectivity index (χ1v) is 4.54. The van der Waals surface area contributed by atoms with Crippen molar-refractivity contribution in [1.82, 2.24) is 10.6 Å². The smallest absolute Gasteiger partial charge is 0.117 e. The van der Waals surface area contributed by atoms with Gasteiger partial charge in [-0.15, -0.1) is 11.8 Å². The van der Waals surface area contributed by atoms with Crippen molar-refractivity contribution in [3.05, 3.63) is 0 Å². The quantitative estimate of drug-likeness (QED) is 0.513. The molecule has 2 heterocycles. The monoisotopic (exact) mass is 144 g/mol. The van der Waals surface area contributed by atoms with E-state index >= 15 is 0 Å². The summed E-state index contributed by atoms with van der Waals surface area (Å²) in [4.78, 5) is 0.306. The normalized spacial score (nSPS) is 42.7. The highest BCUT2D eigenvalue weighted by molar-refractivity contribution is 8.00. The van der Waals surface area contributed by atoms with Gasteiger partial charge in [-0.25, -0.2) is 0 Å². The van der Waals surface area contributed by atoms with Crippen LogP contribution in [-0.2, 0) is 0 Å².